The van der Waals surface area contributed by atoms with Crippen LogP contribution >= 0.6 is 11.3 Å². The van der Waals surface area contributed by atoms with Crippen LogP contribution in [-0.4, -0.2) is 32.4 Å². The minimum atomic E-state index is 0.00333. The molecule has 0 spiro atoms. The van der Waals surface area contributed by atoms with Gasteiger partial charge in [0.05, 0.1) is 5.69 Å². The Kier molecular flexibility index (Phi) is 4.59. The van der Waals surface area contributed by atoms with Crippen LogP contribution in [0, 0.1) is 6.92 Å². The van der Waals surface area contributed by atoms with Crippen LogP contribution in [0.1, 0.15) is 55.9 Å². The van der Waals surface area contributed by atoms with Crippen molar-refractivity contribution in [1.29, 1.82) is 0 Å². The Morgan fingerprint density at radius 3 is 2.43 bits per heavy atom. The summed E-state index contributed by atoms with van der Waals surface area (Å²) in [7, 11) is 0. The predicted molar refractivity (Wildman–Crippen MR) is 115 cm³/mol. The third kappa shape index (κ3) is 3.71. The summed E-state index contributed by atoms with van der Waals surface area (Å²) in [6.07, 6.45) is 3.85. The van der Waals surface area contributed by atoms with E-state index in [0.29, 0.717) is 0 Å². The number of hydrogen-bond acceptors (Lipinski definition) is 4. The number of aryl methyl sites for hydroxylation is 1. The fourth-order valence-electron chi connectivity index (χ4n) is 4.58. The zero-order chi connectivity index (χ0) is 20.1. The predicted octanol–water partition coefficient (Wildman–Crippen LogP) is 4.41. The Balaban J connectivity index is 1.56. The van der Waals surface area contributed by atoms with Gasteiger partial charge in [-0.15, -0.1) is 0 Å². The first-order valence-electron chi connectivity index (χ1n) is 9.78. The molecule has 4 rings (SSSR count). The second kappa shape index (κ2) is 6.71. The summed E-state index contributed by atoms with van der Waals surface area (Å²) in [5.74, 6) is 0.00719. The third-order valence-electron chi connectivity index (χ3n) is 5.36. The normalized spacial score (nSPS) is 19.0. The third-order valence-corrected chi connectivity index (χ3v) is 6.51. The van der Waals surface area contributed by atoms with Gasteiger partial charge in [-0.1, -0.05) is 41.7 Å². The van der Waals surface area contributed by atoms with E-state index in [9.17, 15) is 4.79 Å². The first-order chi connectivity index (χ1) is 13.1. The molecule has 3 aromatic rings. The minimum absolute atomic E-state index is 0.00333. The van der Waals surface area contributed by atoms with Gasteiger partial charge in [0, 0.05) is 34.6 Å². The van der Waals surface area contributed by atoms with Gasteiger partial charge in [0.2, 0.25) is 0 Å². The van der Waals surface area contributed by atoms with E-state index in [1.54, 1.807) is 0 Å². The molecule has 6 heteroatoms. The number of amides is 1. The monoisotopic (exact) mass is 396 g/mol. The summed E-state index contributed by atoms with van der Waals surface area (Å²) in [4.78, 5) is 19.3. The summed E-state index contributed by atoms with van der Waals surface area (Å²) in [6.45, 7) is 10.8. The average Bonchev–Trinajstić information content (AvgIpc) is 3.12. The molecule has 0 saturated carbocycles. The highest BCUT2D eigenvalue weighted by Crippen LogP contribution is 2.30. The number of nitrogens with one attached hydrogen (secondary N) is 2. The number of rotatable bonds is 3. The van der Waals surface area contributed by atoms with E-state index in [4.69, 9.17) is 4.98 Å². The van der Waals surface area contributed by atoms with Gasteiger partial charge in [-0.2, -0.15) is 0 Å². The molecule has 3 heterocycles. The number of aromatic nitrogens is 2. The molecule has 5 nitrogen and oxygen atoms in total. The average molecular weight is 397 g/mol. The van der Waals surface area contributed by atoms with Crippen LogP contribution in [0.3, 0.4) is 0 Å². The van der Waals surface area contributed by atoms with Crippen molar-refractivity contribution in [2.45, 2.75) is 64.6 Å². The van der Waals surface area contributed by atoms with Crippen LogP contribution in [0.4, 0.5) is 0 Å². The van der Waals surface area contributed by atoms with Crippen LogP contribution in [0.2, 0.25) is 0 Å². The van der Waals surface area contributed by atoms with Gasteiger partial charge in [-0.25, -0.2) is 4.98 Å². The summed E-state index contributed by atoms with van der Waals surface area (Å²) >= 11 is 1.46. The summed E-state index contributed by atoms with van der Waals surface area (Å²) in [5, 5.41) is 6.94. The largest absolute Gasteiger partial charge is 0.348 e. The highest BCUT2D eigenvalue weighted by molar-refractivity contribution is 7.19. The van der Waals surface area contributed by atoms with Crippen molar-refractivity contribution in [2.24, 2.45) is 0 Å². The lowest BCUT2D eigenvalue weighted by Gasteiger charge is -2.46. The number of nitrogens with zero attached hydrogens (tertiary/aromatic N) is 2. The van der Waals surface area contributed by atoms with E-state index in [1.165, 1.54) is 11.3 Å². The molecule has 148 valence electrons. The first-order valence-corrected chi connectivity index (χ1v) is 10.6. The fourth-order valence-corrected chi connectivity index (χ4v) is 5.60. The molecule has 0 radical (unpaired) electrons. The number of carbonyl (C=O) groups excluding carboxylic acids is 1. The van der Waals surface area contributed by atoms with Gasteiger partial charge in [0.15, 0.2) is 4.96 Å². The van der Waals surface area contributed by atoms with Gasteiger partial charge >= 0.3 is 0 Å². The second-order valence-electron chi connectivity index (χ2n) is 9.13. The maximum Gasteiger partial charge on any atom is 0.263 e. The molecule has 2 aromatic heterocycles. The topological polar surface area (TPSA) is 58.4 Å². The second-order valence-corrected chi connectivity index (χ2v) is 10.1. The Morgan fingerprint density at radius 2 is 1.82 bits per heavy atom. The van der Waals surface area contributed by atoms with Gasteiger partial charge in [-0.3, -0.25) is 9.20 Å². The summed E-state index contributed by atoms with van der Waals surface area (Å²) in [5.41, 5.74) is 2.97. The summed E-state index contributed by atoms with van der Waals surface area (Å²) < 4.78 is 2.03. The molecule has 0 unspecified atom stereocenters. The van der Waals surface area contributed by atoms with E-state index in [2.05, 4.69) is 50.5 Å². The number of hydrogen-bond donors (Lipinski definition) is 2. The first kappa shape index (κ1) is 19.2. The summed E-state index contributed by atoms with van der Waals surface area (Å²) in [6, 6.07) is 10.3. The molecule has 1 aromatic carbocycles. The molecule has 1 saturated heterocycles. The van der Waals surface area contributed by atoms with Crippen LogP contribution in [0.25, 0.3) is 16.2 Å². The lowest BCUT2D eigenvalue weighted by Crippen LogP contribution is -2.62. The van der Waals surface area contributed by atoms with Gasteiger partial charge < -0.3 is 10.6 Å². The molecule has 1 aliphatic heterocycles. The lowest BCUT2D eigenvalue weighted by molar-refractivity contribution is 0.0876. The Bertz CT molecular complexity index is 1000. The smallest absolute Gasteiger partial charge is 0.263 e. The SMILES string of the molecule is Cc1c(C(=O)NC2CC(C)(C)NC(C)(C)C2)sc2nc(-c3ccccc3)cn12. The van der Waals surface area contributed by atoms with E-state index < -0.39 is 0 Å². The fraction of sp³-hybridized carbons (Fsp3) is 0.455. The van der Waals surface area contributed by atoms with E-state index in [1.807, 2.05) is 35.7 Å². The quantitative estimate of drug-likeness (QED) is 0.689. The van der Waals surface area contributed by atoms with E-state index >= 15 is 0 Å². The van der Waals surface area contributed by atoms with Crippen molar-refractivity contribution in [3.05, 3.63) is 47.1 Å². The van der Waals surface area contributed by atoms with Crippen LogP contribution in [0.5, 0.6) is 0 Å². The minimum Gasteiger partial charge on any atom is -0.348 e. The highest BCUT2D eigenvalue weighted by Gasteiger charge is 2.38. The molecule has 1 fully saturated rings. The van der Waals surface area contributed by atoms with E-state index in [-0.39, 0.29) is 23.0 Å². The molecule has 28 heavy (non-hydrogen) atoms. The van der Waals surface area contributed by atoms with Crippen molar-refractivity contribution >= 4 is 22.2 Å². The van der Waals surface area contributed by atoms with Crippen LogP contribution < -0.4 is 10.6 Å². The van der Waals surface area contributed by atoms with Crippen molar-refractivity contribution < 1.29 is 4.79 Å². The number of carbonyl (C=O) groups is 1. The Hall–Kier alpha value is -2.18. The lowest BCUT2D eigenvalue weighted by atomic mass is 9.79. The standard InChI is InChI=1S/C22H28N4OS/c1-14-18(19(27)23-16-11-21(2,3)25-22(4,5)12-16)28-20-24-17(13-26(14)20)15-9-7-6-8-10-15/h6-10,13,16,25H,11-12H2,1-5H3,(H,23,27). The molecule has 0 atom stereocenters. The molecular formula is C22H28N4OS. The zero-order valence-electron chi connectivity index (χ0n) is 17.2. The van der Waals surface area contributed by atoms with Crippen molar-refractivity contribution in [3.63, 3.8) is 0 Å². The zero-order valence-corrected chi connectivity index (χ0v) is 18.0. The Morgan fingerprint density at radius 1 is 1.18 bits per heavy atom. The molecule has 1 aliphatic rings. The Labute approximate surface area is 170 Å². The number of imidazole rings is 1. The highest BCUT2D eigenvalue weighted by atomic mass is 32.1. The number of piperidine rings is 1. The van der Waals surface area contributed by atoms with E-state index in [0.717, 1.165) is 39.6 Å². The van der Waals surface area contributed by atoms with Crippen molar-refractivity contribution in [1.82, 2.24) is 20.0 Å². The van der Waals surface area contributed by atoms with Gasteiger partial charge in [0.1, 0.15) is 4.88 Å². The molecular weight excluding hydrogens is 368 g/mol. The van der Waals surface area contributed by atoms with Crippen LogP contribution in [-0.2, 0) is 0 Å². The maximum absolute atomic E-state index is 13.0. The van der Waals surface area contributed by atoms with Crippen LogP contribution in [0.15, 0.2) is 36.5 Å². The van der Waals surface area contributed by atoms with Crippen molar-refractivity contribution in [2.75, 3.05) is 0 Å². The molecule has 1 amide bonds. The molecule has 2 N–H and O–H groups in total. The van der Waals surface area contributed by atoms with Crippen molar-refractivity contribution in [3.8, 4) is 11.3 Å². The molecule has 0 bridgehead atoms. The van der Waals surface area contributed by atoms with Gasteiger partial charge in [-0.05, 0) is 47.5 Å². The number of fused-ring (bicyclic) bond motifs is 1. The molecule has 0 aliphatic carbocycles. The maximum atomic E-state index is 13.0. The van der Waals surface area contributed by atoms with Gasteiger partial charge in [0.25, 0.3) is 5.91 Å². The number of thiazole rings is 1. The number of benzene rings is 1.